The van der Waals surface area contributed by atoms with Crippen LogP contribution in [0.15, 0.2) is 48.5 Å². The van der Waals surface area contributed by atoms with Crippen LogP contribution in [0.5, 0.6) is 0 Å². The Morgan fingerprint density at radius 3 is 1.00 bits per heavy atom. The fourth-order valence-corrected chi connectivity index (χ4v) is 6.58. The van der Waals surface area contributed by atoms with Gasteiger partial charge in [0, 0.05) is 0 Å². The van der Waals surface area contributed by atoms with Gasteiger partial charge in [0.1, 0.15) is 0 Å². The van der Waals surface area contributed by atoms with Gasteiger partial charge in [0.15, 0.2) is 0 Å². The predicted molar refractivity (Wildman–Crippen MR) is 114 cm³/mol. The molecule has 0 nitrogen and oxygen atoms in total. The van der Waals surface area contributed by atoms with Crippen molar-refractivity contribution in [3.63, 3.8) is 0 Å². The van der Waals surface area contributed by atoms with E-state index in [1.807, 2.05) is 0 Å². The molecule has 124 valence electrons. The summed E-state index contributed by atoms with van der Waals surface area (Å²) in [5.74, 6) is 0. The average Bonchev–Trinajstić information content (AvgIpc) is 2.47. The Hall–Kier alpha value is -1.65. The molecular formula is C22H28Si2. The third kappa shape index (κ3) is 3.55. The van der Waals surface area contributed by atoms with Crippen molar-refractivity contribution in [1.29, 1.82) is 0 Å². The van der Waals surface area contributed by atoms with E-state index in [0.29, 0.717) is 0 Å². The van der Waals surface area contributed by atoms with Crippen molar-refractivity contribution in [2.75, 3.05) is 0 Å². The highest BCUT2D eigenvalue weighted by Crippen LogP contribution is 2.17. The van der Waals surface area contributed by atoms with Crippen LogP contribution >= 0.6 is 0 Å². The fourth-order valence-electron chi connectivity index (χ4n) is 3.32. The number of rotatable bonds is 2. The van der Waals surface area contributed by atoms with E-state index in [1.54, 1.807) is 0 Å². The quantitative estimate of drug-likeness (QED) is 0.732. The van der Waals surface area contributed by atoms with E-state index in [-0.39, 0.29) is 0 Å². The van der Waals surface area contributed by atoms with Crippen molar-refractivity contribution < 1.29 is 0 Å². The lowest BCUT2D eigenvalue weighted by Crippen LogP contribution is -2.31. The highest BCUT2D eigenvalue weighted by molar-refractivity contribution is 6.95. The standard InChI is InChI=1S/C22H28Si2/c1-23(2,3)21-15-17-9-13-20(14-10-17)22(24(4,5)6)16-18-7-11-19(21)12-8-18/h7-16H,1-6H3. The minimum atomic E-state index is -1.41. The van der Waals surface area contributed by atoms with Gasteiger partial charge in [-0.25, -0.2) is 0 Å². The van der Waals surface area contributed by atoms with E-state index < -0.39 is 16.1 Å². The van der Waals surface area contributed by atoms with E-state index in [0.717, 1.165) is 0 Å². The molecule has 0 saturated heterocycles. The number of hydrogen-bond donors (Lipinski definition) is 0. The Morgan fingerprint density at radius 1 is 0.458 bits per heavy atom. The minimum Gasteiger partial charge on any atom is -0.0656 e. The first-order chi connectivity index (χ1) is 11.1. The van der Waals surface area contributed by atoms with Gasteiger partial charge >= 0.3 is 0 Å². The van der Waals surface area contributed by atoms with Crippen molar-refractivity contribution in [2.24, 2.45) is 0 Å². The highest BCUT2D eigenvalue weighted by Gasteiger charge is 2.19. The summed E-state index contributed by atoms with van der Waals surface area (Å²) in [5.41, 5.74) is 0. The SMILES string of the molecule is C[Si](C)(C)C1=c2ccc(cc2)=CC([Si](C)(C)C)=c2ccc(cc2)=C1. The maximum Gasteiger partial charge on any atom is 0.0784 e. The summed E-state index contributed by atoms with van der Waals surface area (Å²) in [4.78, 5) is 0. The number of hydrogen-bond acceptors (Lipinski definition) is 0. The van der Waals surface area contributed by atoms with Crippen molar-refractivity contribution in [1.82, 2.24) is 0 Å². The molecular weight excluding hydrogens is 320 g/mol. The molecule has 0 fully saturated rings. The number of benzene rings is 2. The van der Waals surface area contributed by atoms with E-state index >= 15 is 0 Å². The summed E-state index contributed by atoms with van der Waals surface area (Å²) < 4.78 is 0. The maximum absolute atomic E-state index is 2.43. The molecule has 0 unspecified atom stereocenters. The first kappa shape index (κ1) is 17.2. The monoisotopic (exact) mass is 348 g/mol. The molecule has 0 aromatic heterocycles. The van der Waals surface area contributed by atoms with Crippen LogP contribution < -0.4 is 20.9 Å². The Balaban J connectivity index is 2.48. The van der Waals surface area contributed by atoms with Gasteiger partial charge in [-0.15, -0.1) is 0 Å². The molecule has 0 heterocycles. The second-order valence-corrected chi connectivity index (χ2v) is 18.9. The van der Waals surface area contributed by atoms with Gasteiger partial charge < -0.3 is 0 Å². The van der Waals surface area contributed by atoms with Crippen LogP contribution in [0, 0.1) is 0 Å². The topological polar surface area (TPSA) is 0 Å². The van der Waals surface area contributed by atoms with Crippen LogP contribution in [0.2, 0.25) is 39.3 Å². The fraction of sp³-hybridized carbons (Fsp3) is 0.273. The van der Waals surface area contributed by atoms with Gasteiger partial charge in [0.25, 0.3) is 0 Å². The maximum atomic E-state index is 2.43. The molecule has 0 radical (unpaired) electrons. The molecule has 4 aliphatic rings. The lowest BCUT2D eigenvalue weighted by Gasteiger charge is -2.20. The summed E-state index contributed by atoms with van der Waals surface area (Å²) in [7, 11) is -2.83. The predicted octanol–water partition coefficient (Wildman–Crippen LogP) is 3.02. The van der Waals surface area contributed by atoms with E-state index in [9.17, 15) is 0 Å². The van der Waals surface area contributed by atoms with Crippen molar-refractivity contribution in [2.45, 2.75) is 39.3 Å². The van der Waals surface area contributed by atoms with E-state index in [1.165, 1.54) is 31.3 Å². The zero-order valence-electron chi connectivity index (χ0n) is 15.8. The smallest absolute Gasteiger partial charge is 0.0656 e. The molecule has 0 amide bonds. The Labute approximate surface area is 147 Å². The van der Waals surface area contributed by atoms with Gasteiger partial charge in [0.05, 0.1) is 16.1 Å². The molecule has 2 aromatic carbocycles. The summed E-state index contributed by atoms with van der Waals surface area (Å²) in [6, 6.07) is 18.4. The minimum absolute atomic E-state index is 1.32. The van der Waals surface area contributed by atoms with E-state index in [2.05, 4.69) is 100.0 Å². The van der Waals surface area contributed by atoms with E-state index in [4.69, 9.17) is 0 Å². The summed E-state index contributed by atoms with van der Waals surface area (Å²) >= 11 is 0. The van der Waals surface area contributed by atoms with Gasteiger partial charge in [0.2, 0.25) is 0 Å². The molecule has 4 aliphatic carbocycles. The molecule has 0 atom stereocenters. The molecule has 6 rings (SSSR count). The molecule has 2 aromatic rings. The highest BCUT2D eigenvalue weighted by atomic mass is 28.3. The molecule has 2 heteroatoms. The third-order valence-corrected chi connectivity index (χ3v) is 8.78. The summed E-state index contributed by atoms with van der Waals surface area (Å²) in [6.45, 7) is 14.6. The van der Waals surface area contributed by atoms with Crippen molar-refractivity contribution in [3.8, 4) is 0 Å². The largest absolute Gasteiger partial charge is 0.0784 e. The van der Waals surface area contributed by atoms with Crippen molar-refractivity contribution in [3.05, 3.63) is 69.4 Å². The average molecular weight is 349 g/mol. The Kier molecular flexibility index (Phi) is 4.31. The van der Waals surface area contributed by atoms with Crippen LogP contribution in [0.1, 0.15) is 0 Å². The van der Waals surface area contributed by atoms with Crippen LogP contribution in [0.25, 0.3) is 22.5 Å². The Bertz CT molecular complexity index is 881. The second kappa shape index (κ2) is 6.01. The molecule has 0 N–H and O–H groups in total. The van der Waals surface area contributed by atoms with Crippen LogP contribution in [0.4, 0.5) is 0 Å². The van der Waals surface area contributed by atoms with Crippen LogP contribution in [-0.4, -0.2) is 16.1 Å². The van der Waals surface area contributed by atoms with Crippen molar-refractivity contribution >= 4 is 38.7 Å². The first-order valence-electron chi connectivity index (χ1n) is 8.80. The van der Waals surface area contributed by atoms with Crippen LogP contribution in [-0.2, 0) is 0 Å². The van der Waals surface area contributed by atoms with Gasteiger partial charge in [-0.3, -0.25) is 0 Å². The second-order valence-electron chi connectivity index (χ2n) is 8.86. The molecule has 0 saturated carbocycles. The molecule has 0 spiro atoms. The molecule has 4 bridgehead atoms. The summed E-state index contributed by atoms with van der Waals surface area (Å²) in [5, 5.41) is 8.44. The Morgan fingerprint density at radius 2 is 0.750 bits per heavy atom. The third-order valence-electron chi connectivity index (χ3n) is 4.68. The van der Waals surface area contributed by atoms with Gasteiger partial charge in [-0.1, -0.05) is 110 Å². The zero-order chi connectivity index (χ0) is 17.5. The zero-order valence-corrected chi connectivity index (χ0v) is 17.8. The van der Waals surface area contributed by atoms with Gasteiger partial charge in [-0.2, -0.15) is 0 Å². The summed E-state index contributed by atoms with van der Waals surface area (Å²) in [6.07, 6.45) is 4.81. The van der Waals surface area contributed by atoms with Gasteiger partial charge in [-0.05, 0) is 20.9 Å². The molecule has 0 aliphatic heterocycles. The van der Waals surface area contributed by atoms with Crippen LogP contribution in [0.3, 0.4) is 0 Å². The normalized spacial score (nSPS) is 14.8. The first-order valence-corrected chi connectivity index (χ1v) is 15.8. The lowest BCUT2D eigenvalue weighted by molar-refractivity contribution is 1.50. The molecule has 24 heavy (non-hydrogen) atoms. The lowest BCUT2D eigenvalue weighted by atomic mass is 10.1.